The quantitative estimate of drug-likeness (QED) is 0.663. The molecule has 12 heavy (non-hydrogen) atoms. The molecule has 0 heterocycles. The number of hydrogen-bond acceptors (Lipinski definition) is 2. The van der Waals surface area contributed by atoms with Crippen molar-refractivity contribution in [2.24, 2.45) is 5.92 Å². The Bertz CT molecular complexity index is 104. The van der Waals surface area contributed by atoms with E-state index in [2.05, 4.69) is 33.0 Å². The standard InChI is InChI=1S/C10H23NO/c1-6-11-9(5)10(8(3)4)12-7-2/h8-11H,6-7H2,1-5H3. The van der Waals surface area contributed by atoms with Gasteiger partial charge in [0.05, 0.1) is 6.10 Å². The van der Waals surface area contributed by atoms with Gasteiger partial charge in [-0.3, -0.25) is 0 Å². The van der Waals surface area contributed by atoms with E-state index in [1.165, 1.54) is 0 Å². The monoisotopic (exact) mass is 173 g/mol. The van der Waals surface area contributed by atoms with Crippen LogP contribution in [-0.2, 0) is 4.74 Å². The van der Waals surface area contributed by atoms with Crippen molar-refractivity contribution in [3.63, 3.8) is 0 Å². The molecule has 0 rings (SSSR count). The summed E-state index contributed by atoms with van der Waals surface area (Å²) in [7, 11) is 0. The van der Waals surface area contributed by atoms with Gasteiger partial charge in [0.15, 0.2) is 0 Å². The van der Waals surface area contributed by atoms with E-state index in [4.69, 9.17) is 4.74 Å². The third-order valence-corrected chi connectivity index (χ3v) is 2.04. The fraction of sp³-hybridized carbons (Fsp3) is 1.00. The van der Waals surface area contributed by atoms with Crippen molar-refractivity contribution in [1.82, 2.24) is 5.32 Å². The van der Waals surface area contributed by atoms with Crippen molar-refractivity contribution >= 4 is 0 Å². The summed E-state index contributed by atoms with van der Waals surface area (Å²) in [6.45, 7) is 12.6. The van der Waals surface area contributed by atoms with Crippen LogP contribution < -0.4 is 5.32 Å². The lowest BCUT2D eigenvalue weighted by Gasteiger charge is -2.27. The summed E-state index contributed by atoms with van der Waals surface area (Å²) >= 11 is 0. The van der Waals surface area contributed by atoms with Crippen LogP contribution in [0.1, 0.15) is 34.6 Å². The molecular weight excluding hydrogens is 150 g/mol. The predicted molar refractivity (Wildman–Crippen MR) is 53.4 cm³/mol. The zero-order chi connectivity index (χ0) is 9.56. The molecule has 0 radical (unpaired) electrons. The molecule has 2 unspecified atom stereocenters. The Hall–Kier alpha value is -0.0800. The van der Waals surface area contributed by atoms with Crippen LogP contribution in [-0.4, -0.2) is 25.3 Å². The predicted octanol–water partition coefficient (Wildman–Crippen LogP) is 2.05. The van der Waals surface area contributed by atoms with Crippen LogP contribution in [0.3, 0.4) is 0 Å². The number of rotatable bonds is 6. The van der Waals surface area contributed by atoms with Crippen LogP contribution >= 0.6 is 0 Å². The lowest BCUT2D eigenvalue weighted by molar-refractivity contribution is 0.00831. The SMILES string of the molecule is CCNC(C)C(OCC)C(C)C. The van der Waals surface area contributed by atoms with E-state index >= 15 is 0 Å². The molecule has 0 aliphatic heterocycles. The minimum atomic E-state index is 0.343. The van der Waals surface area contributed by atoms with E-state index in [9.17, 15) is 0 Å². The van der Waals surface area contributed by atoms with Crippen molar-refractivity contribution < 1.29 is 4.74 Å². The second-order valence-corrected chi connectivity index (χ2v) is 3.51. The van der Waals surface area contributed by atoms with Crippen LogP contribution in [0.4, 0.5) is 0 Å². The summed E-state index contributed by atoms with van der Waals surface area (Å²) in [6.07, 6.45) is 0.343. The first kappa shape index (κ1) is 11.9. The van der Waals surface area contributed by atoms with E-state index in [1.54, 1.807) is 0 Å². The number of likely N-dealkylation sites (N-methyl/N-ethyl adjacent to an activating group) is 1. The van der Waals surface area contributed by atoms with Crippen LogP contribution in [0.15, 0.2) is 0 Å². The molecule has 0 aliphatic rings. The maximum absolute atomic E-state index is 5.66. The molecule has 0 aromatic rings. The highest BCUT2D eigenvalue weighted by Gasteiger charge is 2.19. The second-order valence-electron chi connectivity index (χ2n) is 3.51. The molecule has 0 aliphatic carbocycles. The molecule has 0 spiro atoms. The Morgan fingerprint density at radius 1 is 1.17 bits per heavy atom. The highest BCUT2D eigenvalue weighted by atomic mass is 16.5. The summed E-state index contributed by atoms with van der Waals surface area (Å²) in [5, 5.41) is 3.39. The summed E-state index contributed by atoms with van der Waals surface area (Å²) in [4.78, 5) is 0. The van der Waals surface area contributed by atoms with Crippen molar-refractivity contribution in [2.45, 2.75) is 46.8 Å². The lowest BCUT2D eigenvalue weighted by atomic mass is 10.0. The molecule has 1 N–H and O–H groups in total. The van der Waals surface area contributed by atoms with E-state index in [0.29, 0.717) is 18.1 Å². The van der Waals surface area contributed by atoms with Gasteiger partial charge in [0, 0.05) is 12.6 Å². The fourth-order valence-corrected chi connectivity index (χ4v) is 1.54. The Kier molecular flexibility index (Phi) is 6.39. The van der Waals surface area contributed by atoms with Crippen molar-refractivity contribution in [3.8, 4) is 0 Å². The van der Waals surface area contributed by atoms with Crippen molar-refractivity contribution in [3.05, 3.63) is 0 Å². The largest absolute Gasteiger partial charge is 0.377 e. The van der Waals surface area contributed by atoms with Crippen molar-refractivity contribution in [2.75, 3.05) is 13.2 Å². The van der Waals surface area contributed by atoms with Crippen molar-refractivity contribution in [1.29, 1.82) is 0 Å². The first-order chi connectivity index (χ1) is 5.63. The molecule has 0 saturated carbocycles. The Morgan fingerprint density at radius 3 is 2.08 bits per heavy atom. The highest BCUT2D eigenvalue weighted by Crippen LogP contribution is 2.10. The van der Waals surface area contributed by atoms with Crippen LogP contribution in [0.5, 0.6) is 0 Å². The van der Waals surface area contributed by atoms with Crippen LogP contribution in [0.25, 0.3) is 0 Å². The molecule has 2 heteroatoms. The molecule has 0 amide bonds. The summed E-state index contributed by atoms with van der Waals surface area (Å²) in [5.41, 5.74) is 0. The average molecular weight is 173 g/mol. The molecule has 0 bridgehead atoms. The van der Waals surface area contributed by atoms with Crippen LogP contribution in [0, 0.1) is 5.92 Å². The van der Waals surface area contributed by atoms with Gasteiger partial charge >= 0.3 is 0 Å². The van der Waals surface area contributed by atoms with Gasteiger partial charge in [-0.05, 0) is 26.3 Å². The van der Waals surface area contributed by atoms with Gasteiger partial charge in [0.1, 0.15) is 0 Å². The van der Waals surface area contributed by atoms with Gasteiger partial charge in [-0.25, -0.2) is 0 Å². The molecule has 0 saturated heterocycles. The van der Waals surface area contributed by atoms with Gasteiger partial charge in [0.25, 0.3) is 0 Å². The third-order valence-electron chi connectivity index (χ3n) is 2.04. The fourth-order valence-electron chi connectivity index (χ4n) is 1.54. The third kappa shape index (κ3) is 4.07. The maximum Gasteiger partial charge on any atom is 0.0747 e. The molecule has 74 valence electrons. The van der Waals surface area contributed by atoms with E-state index in [0.717, 1.165) is 13.2 Å². The molecule has 0 fully saturated rings. The van der Waals surface area contributed by atoms with Crippen LogP contribution in [0.2, 0.25) is 0 Å². The number of hydrogen-bond donors (Lipinski definition) is 1. The molecule has 2 atom stereocenters. The van der Waals surface area contributed by atoms with E-state index in [1.807, 2.05) is 6.92 Å². The van der Waals surface area contributed by atoms with E-state index < -0.39 is 0 Å². The smallest absolute Gasteiger partial charge is 0.0747 e. The van der Waals surface area contributed by atoms with Gasteiger partial charge < -0.3 is 10.1 Å². The van der Waals surface area contributed by atoms with Gasteiger partial charge in [-0.15, -0.1) is 0 Å². The van der Waals surface area contributed by atoms with Gasteiger partial charge in [0.2, 0.25) is 0 Å². The number of ether oxygens (including phenoxy) is 1. The minimum absolute atomic E-state index is 0.343. The Morgan fingerprint density at radius 2 is 1.75 bits per heavy atom. The highest BCUT2D eigenvalue weighted by molar-refractivity contribution is 4.74. The lowest BCUT2D eigenvalue weighted by Crippen LogP contribution is -2.42. The second kappa shape index (κ2) is 6.44. The summed E-state index contributed by atoms with van der Waals surface area (Å²) < 4.78 is 5.66. The van der Waals surface area contributed by atoms with Gasteiger partial charge in [-0.1, -0.05) is 20.8 Å². The molecular formula is C10H23NO. The zero-order valence-corrected chi connectivity index (χ0v) is 9.05. The normalized spacial score (nSPS) is 16.5. The summed E-state index contributed by atoms with van der Waals surface area (Å²) in [6, 6.07) is 0.454. The first-order valence-corrected chi connectivity index (χ1v) is 4.98. The maximum atomic E-state index is 5.66. The first-order valence-electron chi connectivity index (χ1n) is 4.98. The summed E-state index contributed by atoms with van der Waals surface area (Å²) in [5.74, 6) is 0.582. The van der Waals surface area contributed by atoms with Gasteiger partial charge in [-0.2, -0.15) is 0 Å². The number of nitrogens with one attached hydrogen (secondary N) is 1. The topological polar surface area (TPSA) is 21.3 Å². The molecule has 2 nitrogen and oxygen atoms in total. The Balaban J connectivity index is 3.90. The molecule has 0 aromatic heterocycles. The van der Waals surface area contributed by atoms with E-state index in [-0.39, 0.29) is 0 Å². The molecule has 0 aromatic carbocycles. The Labute approximate surface area is 76.7 Å². The average Bonchev–Trinajstić information content (AvgIpc) is 1.99. The zero-order valence-electron chi connectivity index (χ0n) is 9.05. The minimum Gasteiger partial charge on any atom is -0.377 e.